The average molecular weight is 267 g/mol. The lowest BCUT2D eigenvalue weighted by atomic mass is 10.2. The lowest BCUT2D eigenvalue weighted by molar-refractivity contribution is 0.0758. The van der Waals surface area contributed by atoms with E-state index in [-0.39, 0.29) is 18.7 Å². The lowest BCUT2D eigenvalue weighted by Gasteiger charge is -2.19. The molecule has 0 aliphatic carbocycles. The molecule has 0 aliphatic heterocycles. The Morgan fingerprint density at radius 3 is 2.50 bits per heavy atom. The van der Waals surface area contributed by atoms with Crippen LogP contribution in [0.4, 0.5) is 0 Å². The minimum absolute atomic E-state index is 0.236. The fraction of sp³-hybridized carbons (Fsp3) is 0.286. The summed E-state index contributed by atoms with van der Waals surface area (Å²) in [7, 11) is 0. The van der Waals surface area contributed by atoms with Crippen LogP contribution in [0.25, 0.3) is 10.9 Å². The van der Waals surface area contributed by atoms with Crippen molar-refractivity contribution in [3.63, 3.8) is 0 Å². The van der Waals surface area contributed by atoms with Gasteiger partial charge < -0.3 is 4.90 Å². The third-order valence-corrected chi connectivity index (χ3v) is 2.95. The SMILES string of the molecule is N#CCCN(CCC#N)C(=O)c1n[nH]c2ccccc12. The van der Waals surface area contributed by atoms with E-state index in [1.54, 1.807) is 0 Å². The van der Waals surface area contributed by atoms with Crippen LogP contribution in [0.5, 0.6) is 0 Å². The van der Waals surface area contributed by atoms with E-state index in [0.717, 1.165) is 10.9 Å². The van der Waals surface area contributed by atoms with E-state index in [2.05, 4.69) is 10.2 Å². The number of carbonyl (C=O) groups excluding carboxylic acids is 1. The van der Waals surface area contributed by atoms with Gasteiger partial charge in [-0.1, -0.05) is 18.2 Å². The number of carbonyl (C=O) groups is 1. The molecule has 1 aromatic carbocycles. The van der Waals surface area contributed by atoms with Crippen molar-refractivity contribution in [2.24, 2.45) is 0 Å². The highest BCUT2D eigenvalue weighted by atomic mass is 16.2. The Labute approximate surface area is 116 Å². The fourth-order valence-electron chi connectivity index (χ4n) is 1.96. The Balaban J connectivity index is 2.26. The number of fused-ring (bicyclic) bond motifs is 1. The number of nitriles is 2. The molecule has 0 saturated heterocycles. The fourth-order valence-corrected chi connectivity index (χ4v) is 1.96. The van der Waals surface area contributed by atoms with Gasteiger partial charge in [0.05, 0.1) is 30.5 Å². The second-order valence-corrected chi connectivity index (χ2v) is 4.23. The summed E-state index contributed by atoms with van der Waals surface area (Å²) in [5.74, 6) is -0.257. The monoisotopic (exact) mass is 267 g/mol. The summed E-state index contributed by atoms with van der Waals surface area (Å²) in [6.07, 6.45) is 0.471. The summed E-state index contributed by atoms with van der Waals surface area (Å²) < 4.78 is 0. The number of rotatable bonds is 5. The molecule has 1 aromatic heterocycles. The Bertz CT molecular complexity index is 673. The quantitative estimate of drug-likeness (QED) is 0.893. The Morgan fingerprint density at radius 2 is 1.85 bits per heavy atom. The van der Waals surface area contributed by atoms with Crippen LogP contribution in [-0.4, -0.2) is 34.1 Å². The number of nitrogens with one attached hydrogen (secondary N) is 1. The van der Waals surface area contributed by atoms with Crippen molar-refractivity contribution in [2.45, 2.75) is 12.8 Å². The molecule has 2 aromatic rings. The van der Waals surface area contributed by atoms with Crippen LogP contribution in [0, 0.1) is 22.7 Å². The summed E-state index contributed by atoms with van der Waals surface area (Å²) >= 11 is 0. The van der Waals surface area contributed by atoms with Gasteiger partial charge in [-0.05, 0) is 6.07 Å². The van der Waals surface area contributed by atoms with Gasteiger partial charge in [0.25, 0.3) is 5.91 Å². The van der Waals surface area contributed by atoms with Gasteiger partial charge in [-0.25, -0.2) is 0 Å². The molecule has 100 valence electrons. The van der Waals surface area contributed by atoms with Crippen molar-refractivity contribution < 1.29 is 4.79 Å². The van der Waals surface area contributed by atoms with Gasteiger partial charge in [0, 0.05) is 18.5 Å². The third-order valence-electron chi connectivity index (χ3n) is 2.95. The highest BCUT2D eigenvalue weighted by Crippen LogP contribution is 2.17. The lowest BCUT2D eigenvalue weighted by Crippen LogP contribution is -2.33. The van der Waals surface area contributed by atoms with Crippen LogP contribution in [0.2, 0.25) is 0 Å². The molecular formula is C14H13N5O. The van der Waals surface area contributed by atoms with Gasteiger partial charge in [0.2, 0.25) is 0 Å². The first-order valence-corrected chi connectivity index (χ1v) is 6.24. The molecule has 1 heterocycles. The number of para-hydroxylation sites is 1. The van der Waals surface area contributed by atoms with Gasteiger partial charge in [0.1, 0.15) is 0 Å². The Hall–Kier alpha value is -2.86. The molecule has 0 unspecified atom stereocenters. The molecule has 0 fully saturated rings. The van der Waals surface area contributed by atoms with Crippen molar-refractivity contribution in [2.75, 3.05) is 13.1 Å². The van der Waals surface area contributed by atoms with Gasteiger partial charge in [0.15, 0.2) is 5.69 Å². The van der Waals surface area contributed by atoms with E-state index in [9.17, 15) is 4.79 Å². The second-order valence-electron chi connectivity index (χ2n) is 4.23. The van der Waals surface area contributed by atoms with Crippen molar-refractivity contribution >= 4 is 16.8 Å². The van der Waals surface area contributed by atoms with Gasteiger partial charge >= 0.3 is 0 Å². The standard InChI is InChI=1S/C14H13N5O/c15-7-3-9-19(10-4-8-16)14(20)13-11-5-1-2-6-12(11)17-18-13/h1-2,5-6H,3-4,9-10H2,(H,17,18). The predicted octanol–water partition coefficient (Wildman–Crippen LogP) is 1.83. The molecular weight excluding hydrogens is 254 g/mol. The number of aromatic amines is 1. The molecule has 20 heavy (non-hydrogen) atoms. The summed E-state index contributed by atoms with van der Waals surface area (Å²) in [5, 5.41) is 24.9. The molecule has 0 atom stereocenters. The minimum atomic E-state index is -0.257. The van der Waals surface area contributed by atoms with E-state index in [4.69, 9.17) is 10.5 Å². The zero-order valence-electron chi connectivity index (χ0n) is 10.8. The molecule has 2 rings (SSSR count). The smallest absolute Gasteiger partial charge is 0.275 e. The molecule has 0 saturated carbocycles. The number of aromatic nitrogens is 2. The Morgan fingerprint density at radius 1 is 1.20 bits per heavy atom. The summed E-state index contributed by atoms with van der Waals surface area (Å²) in [4.78, 5) is 14.0. The van der Waals surface area contributed by atoms with Crippen molar-refractivity contribution in [1.29, 1.82) is 10.5 Å². The zero-order valence-corrected chi connectivity index (χ0v) is 10.8. The van der Waals surface area contributed by atoms with Crippen LogP contribution in [-0.2, 0) is 0 Å². The first-order chi connectivity index (χ1) is 9.77. The molecule has 1 N–H and O–H groups in total. The maximum Gasteiger partial charge on any atom is 0.275 e. The summed E-state index contributed by atoms with van der Waals surface area (Å²) in [6.45, 7) is 0.608. The number of benzene rings is 1. The van der Waals surface area contributed by atoms with E-state index < -0.39 is 0 Å². The molecule has 0 radical (unpaired) electrons. The topological polar surface area (TPSA) is 96.6 Å². The van der Waals surface area contributed by atoms with Crippen LogP contribution >= 0.6 is 0 Å². The van der Waals surface area contributed by atoms with Crippen LogP contribution < -0.4 is 0 Å². The maximum atomic E-state index is 12.5. The molecule has 0 spiro atoms. The Kier molecular flexibility index (Phi) is 4.31. The number of H-pyrrole nitrogens is 1. The minimum Gasteiger partial charge on any atom is -0.335 e. The van der Waals surface area contributed by atoms with E-state index in [1.807, 2.05) is 36.4 Å². The second kappa shape index (κ2) is 6.35. The number of hydrogen-bond acceptors (Lipinski definition) is 4. The molecule has 0 aliphatic rings. The van der Waals surface area contributed by atoms with Crippen LogP contribution in [0.3, 0.4) is 0 Å². The van der Waals surface area contributed by atoms with Crippen LogP contribution in [0.15, 0.2) is 24.3 Å². The highest BCUT2D eigenvalue weighted by Gasteiger charge is 2.20. The number of hydrogen-bond donors (Lipinski definition) is 1. The van der Waals surface area contributed by atoms with E-state index in [1.165, 1.54) is 4.90 Å². The highest BCUT2D eigenvalue weighted by molar-refractivity contribution is 6.04. The third kappa shape index (κ3) is 2.76. The largest absolute Gasteiger partial charge is 0.335 e. The zero-order chi connectivity index (χ0) is 14.4. The summed E-state index contributed by atoms with van der Waals surface area (Å²) in [5.41, 5.74) is 1.12. The molecule has 1 amide bonds. The first-order valence-electron chi connectivity index (χ1n) is 6.24. The average Bonchev–Trinajstić information content (AvgIpc) is 2.91. The van der Waals surface area contributed by atoms with Gasteiger partial charge in [-0.3, -0.25) is 9.89 Å². The molecule has 6 nitrogen and oxygen atoms in total. The number of nitrogens with zero attached hydrogens (tertiary/aromatic N) is 4. The van der Waals surface area contributed by atoms with Gasteiger partial charge in [-0.15, -0.1) is 0 Å². The first kappa shape index (κ1) is 13.6. The van der Waals surface area contributed by atoms with Crippen molar-refractivity contribution in [1.82, 2.24) is 15.1 Å². The van der Waals surface area contributed by atoms with Gasteiger partial charge in [-0.2, -0.15) is 15.6 Å². The number of amides is 1. The molecule has 0 bridgehead atoms. The van der Waals surface area contributed by atoms with Crippen LogP contribution in [0.1, 0.15) is 23.3 Å². The molecule has 6 heteroatoms. The van der Waals surface area contributed by atoms with E-state index in [0.29, 0.717) is 18.8 Å². The van der Waals surface area contributed by atoms with Crippen molar-refractivity contribution in [3.05, 3.63) is 30.0 Å². The normalized spacial score (nSPS) is 9.90. The van der Waals surface area contributed by atoms with E-state index >= 15 is 0 Å². The summed E-state index contributed by atoms with van der Waals surface area (Å²) in [6, 6.07) is 11.4. The predicted molar refractivity (Wildman–Crippen MR) is 72.5 cm³/mol. The van der Waals surface area contributed by atoms with Crippen molar-refractivity contribution in [3.8, 4) is 12.1 Å². The maximum absolute atomic E-state index is 12.5.